The molecule has 0 saturated carbocycles. The average Bonchev–Trinajstić information content (AvgIpc) is 3.03. The van der Waals surface area contributed by atoms with Gasteiger partial charge in [-0.05, 0) is 31.6 Å². The third kappa shape index (κ3) is 8.93. The molecule has 27 heavy (non-hydrogen) atoms. The first kappa shape index (κ1) is 22.3. The molecule has 9 heteroatoms. The molecule has 148 valence electrons. The Morgan fingerprint density at radius 2 is 1.70 bits per heavy atom. The number of benzene rings is 1. The SMILES string of the molecule is CN(C)CC(C)(C)CNCc1nnc(-c2ccccc2)o1.O=C(O)C(=O)O. The van der Waals surface area contributed by atoms with Gasteiger partial charge in [0.05, 0.1) is 6.54 Å². The minimum atomic E-state index is -1.82. The van der Waals surface area contributed by atoms with E-state index in [0.717, 1.165) is 18.7 Å². The van der Waals surface area contributed by atoms with Crippen LogP contribution in [0.5, 0.6) is 0 Å². The lowest BCUT2D eigenvalue weighted by atomic mass is 9.93. The number of carboxylic acid groups (broad SMARTS) is 2. The average molecular weight is 378 g/mol. The fraction of sp³-hybridized carbons (Fsp3) is 0.444. The normalized spacial score (nSPS) is 11.0. The number of aromatic nitrogens is 2. The van der Waals surface area contributed by atoms with Crippen molar-refractivity contribution < 1.29 is 24.2 Å². The highest BCUT2D eigenvalue weighted by molar-refractivity contribution is 6.27. The fourth-order valence-electron chi connectivity index (χ4n) is 2.44. The van der Waals surface area contributed by atoms with Gasteiger partial charge in [-0.3, -0.25) is 0 Å². The van der Waals surface area contributed by atoms with Crippen LogP contribution in [-0.4, -0.2) is 64.4 Å². The lowest BCUT2D eigenvalue weighted by Crippen LogP contribution is -2.37. The molecule has 0 bridgehead atoms. The van der Waals surface area contributed by atoms with E-state index in [-0.39, 0.29) is 5.41 Å². The van der Waals surface area contributed by atoms with Gasteiger partial charge in [0.2, 0.25) is 11.8 Å². The number of nitrogens with zero attached hydrogens (tertiary/aromatic N) is 3. The summed E-state index contributed by atoms with van der Waals surface area (Å²) in [5.41, 5.74) is 1.15. The summed E-state index contributed by atoms with van der Waals surface area (Å²) in [5, 5.41) is 26.3. The zero-order valence-corrected chi connectivity index (χ0v) is 16.0. The molecule has 2 aromatic rings. The van der Waals surface area contributed by atoms with Gasteiger partial charge in [0.25, 0.3) is 0 Å². The van der Waals surface area contributed by atoms with Crippen molar-refractivity contribution in [3.63, 3.8) is 0 Å². The number of carboxylic acids is 2. The quantitative estimate of drug-likeness (QED) is 0.615. The molecular formula is C18H26N4O5. The van der Waals surface area contributed by atoms with Crippen LogP contribution in [0.15, 0.2) is 34.7 Å². The van der Waals surface area contributed by atoms with E-state index in [1.54, 1.807) is 0 Å². The van der Waals surface area contributed by atoms with E-state index in [1.165, 1.54) is 0 Å². The predicted octanol–water partition coefficient (Wildman–Crippen LogP) is 1.57. The number of nitrogens with one attached hydrogen (secondary N) is 1. The van der Waals surface area contributed by atoms with Crippen LogP contribution in [0, 0.1) is 5.41 Å². The van der Waals surface area contributed by atoms with Crippen LogP contribution in [0.4, 0.5) is 0 Å². The number of hydrogen-bond donors (Lipinski definition) is 3. The summed E-state index contributed by atoms with van der Waals surface area (Å²) in [6.45, 7) is 7.00. The molecule has 0 aliphatic rings. The Morgan fingerprint density at radius 1 is 1.11 bits per heavy atom. The third-order valence-electron chi connectivity index (χ3n) is 3.29. The molecule has 9 nitrogen and oxygen atoms in total. The predicted molar refractivity (Wildman–Crippen MR) is 99.0 cm³/mol. The standard InChI is InChI=1S/C16H24N4O.C2H2O4/c1-16(2,12-20(3)4)11-17-10-14-18-19-15(21-14)13-8-6-5-7-9-13;3-1(4)2(5)6/h5-9,17H,10-12H2,1-4H3;(H,3,4)(H,5,6). The first-order chi connectivity index (χ1) is 12.6. The Hall–Kier alpha value is -2.78. The molecule has 0 spiro atoms. The molecule has 1 heterocycles. The van der Waals surface area contributed by atoms with Gasteiger partial charge >= 0.3 is 11.9 Å². The van der Waals surface area contributed by atoms with E-state index in [9.17, 15) is 0 Å². The number of carbonyl (C=O) groups is 2. The molecule has 0 fully saturated rings. The van der Waals surface area contributed by atoms with Crippen molar-refractivity contribution in [1.29, 1.82) is 0 Å². The molecule has 3 N–H and O–H groups in total. The molecule has 0 aliphatic heterocycles. The van der Waals surface area contributed by atoms with E-state index >= 15 is 0 Å². The van der Waals surface area contributed by atoms with Gasteiger partial charge in [-0.2, -0.15) is 0 Å². The van der Waals surface area contributed by atoms with E-state index in [1.807, 2.05) is 30.3 Å². The van der Waals surface area contributed by atoms with Gasteiger partial charge in [0, 0.05) is 18.7 Å². The van der Waals surface area contributed by atoms with Crippen molar-refractivity contribution in [3.8, 4) is 11.5 Å². The summed E-state index contributed by atoms with van der Waals surface area (Å²) in [7, 11) is 4.18. The van der Waals surface area contributed by atoms with E-state index < -0.39 is 11.9 Å². The molecular weight excluding hydrogens is 352 g/mol. The number of hydrogen-bond acceptors (Lipinski definition) is 7. The first-order valence-electron chi connectivity index (χ1n) is 8.30. The highest BCUT2D eigenvalue weighted by Crippen LogP contribution is 2.17. The maximum absolute atomic E-state index is 9.10. The zero-order valence-electron chi connectivity index (χ0n) is 16.0. The van der Waals surface area contributed by atoms with Crippen molar-refractivity contribution in [3.05, 3.63) is 36.2 Å². The third-order valence-corrected chi connectivity index (χ3v) is 3.29. The molecule has 2 rings (SSSR count). The molecule has 0 saturated heterocycles. The van der Waals surface area contributed by atoms with E-state index in [2.05, 4.69) is 48.4 Å². The van der Waals surface area contributed by atoms with Gasteiger partial charge in [0.1, 0.15) is 0 Å². The zero-order chi connectivity index (χ0) is 20.4. The Bertz CT molecular complexity index is 716. The lowest BCUT2D eigenvalue weighted by molar-refractivity contribution is -0.159. The fourth-order valence-corrected chi connectivity index (χ4v) is 2.44. The van der Waals surface area contributed by atoms with Crippen LogP contribution >= 0.6 is 0 Å². The number of rotatable bonds is 7. The van der Waals surface area contributed by atoms with Crippen molar-refractivity contribution in [2.45, 2.75) is 20.4 Å². The van der Waals surface area contributed by atoms with Gasteiger partial charge in [0.15, 0.2) is 0 Å². The Balaban J connectivity index is 0.000000527. The van der Waals surface area contributed by atoms with Gasteiger partial charge in [-0.1, -0.05) is 32.0 Å². The summed E-state index contributed by atoms with van der Waals surface area (Å²) in [6.07, 6.45) is 0. The summed E-state index contributed by atoms with van der Waals surface area (Å²) < 4.78 is 5.67. The Labute approximate surface area is 158 Å². The van der Waals surface area contributed by atoms with Crippen molar-refractivity contribution in [2.75, 3.05) is 27.2 Å². The second kappa shape index (κ2) is 10.4. The van der Waals surface area contributed by atoms with Crippen molar-refractivity contribution in [2.24, 2.45) is 5.41 Å². The summed E-state index contributed by atoms with van der Waals surface area (Å²) in [5.74, 6) is -2.46. The number of aliphatic carboxylic acids is 2. The largest absolute Gasteiger partial charge is 0.473 e. The topological polar surface area (TPSA) is 129 Å². The summed E-state index contributed by atoms with van der Waals surface area (Å²) >= 11 is 0. The second-order valence-corrected chi connectivity index (χ2v) is 6.98. The molecule has 0 atom stereocenters. The minimum absolute atomic E-state index is 0.200. The lowest BCUT2D eigenvalue weighted by Gasteiger charge is -2.28. The van der Waals surface area contributed by atoms with Crippen LogP contribution in [0.1, 0.15) is 19.7 Å². The van der Waals surface area contributed by atoms with Crippen molar-refractivity contribution in [1.82, 2.24) is 20.4 Å². The molecule has 0 aliphatic carbocycles. The maximum Gasteiger partial charge on any atom is 0.414 e. The summed E-state index contributed by atoms with van der Waals surface area (Å²) in [4.78, 5) is 20.4. The first-order valence-corrected chi connectivity index (χ1v) is 8.30. The molecule has 0 amide bonds. The highest BCUT2D eigenvalue weighted by atomic mass is 16.4. The summed E-state index contributed by atoms with van der Waals surface area (Å²) in [6, 6.07) is 9.81. The van der Waals surface area contributed by atoms with E-state index in [0.29, 0.717) is 18.3 Å². The molecule has 0 unspecified atom stereocenters. The molecule has 1 aromatic heterocycles. The Kier molecular flexibility index (Phi) is 8.57. The minimum Gasteiger partial charge on any atom is -0.473 e. The van der Waals surface area contributed by atoms with E-state index in [4.69, 9.17) is 24.2 Å². The smallest absolute Gasteiger partial charge is 0.414 e. The maximum atomic E-state index is 9.10. The second-order valence-electron chi connectivity index (χ2n) is 6.98. The van der Waals surface area contributed by atoms with Crippen LogP contribution in [0.3, 0.4) is 0 Å². The monoisotopic (exact) mass is 378 g/mol. The van der Waals surface area contributed by atoms with Crippen LogP contribution in [0.2, 0.25) is 0 Å². The van der Waals surface area contributed by atoms with Crippen LogP contribution < -0.4 is 5.32 Å². The van der Waals surface area contributed by atoms with Gasteiger partial charge in [-0.25, -0.2) is 9.59 Å². The Morgan fingerprint density at radius 3 is 2.22 bits per heavy atom. The van der Waals surface area contributed by atoms with Crippen LogP contribution in [-0.2, 0) is 16.1 Å². The van der Waals surface area contributed by atoms with Crippen molar-refractivity contribution >= 4 is 11.9 Å². The van der Waals surface area contributed by atoms with Gasteiger partial charge in [-0.15, -0.1) is 10.2 Å². The molecule has 0 radical (unpaired) electrons. The van der Waals surface area contributed by atoms with Gasteiger partial charge < -0.3 is 24.8 Å². The highest BCUT2D eigenvalue weighted by Gasteiger charge is 2.18. The molecule has 1 aromatic carbocycles. The van der Waals surface area contributed by atoms with Crippen LogP contribution in [0.25, 0.3) is 11.5 Å².